The molecule has 4 N–H and O–H groups in total. The summed E-state index contributed by atoms with van der Waals surface area (Å²) in [4.78, 5) is 10.9. The molecule has 0 saturated heterocycles. The Morgan fingerprint density at radius 3 is 2.47 bits per heavy atom. The van der Waals surface area contributed by atoms with Crippen LogP contribution in [0.2, 0.25) is 0 Å². The highest BCUT2D eigenvalue weighted by Gasteiger charge is 2.27. The van der Waals surface area contributed by atoms with Crippen molar-refractivity contribution in [3.05, 3.63) is 24.3 Å². The second kappa shape index (κ2) is 5.58. The lowest BCUT2D eigenvalue weighted by molar-refractivity contribution is -0.147. The molecule has 0 fully saturated rings. The van der Waals surface area contributed by atoms with Crippen LogP contribution in [0.15, 0.2) is 29.2 Å². The highest BCUT2D eigenvalue weighted by atomic mass is 32.2. The summed E-state index contributed by atoms with van der Waals surface area (Å²) >= 11 is 0. The van der Waals surface area contributed by atoms with Crippen molar-refractivity contribution in [3.63, 3.8) is 0 Å². The lowest BCUT2D eigenvalue weighted by atomic mass is 9.90. The minimum atomic E-state index is -3.71. The van der Waals surface area contributed by atoms with Crippen LogP contribution >= 0.6 is 0 Å². The van der Waals surface area contributed by atoms with Crippen molar-refractivity contribution in [2.24, 2.45) is 5.41 Å². The zero-order chi connectivity index (χ0) is 14.7. The molecule has 0 unspecified atom stereocenters. The molecule has 1 rings (SSSR count). The number of benzene rings is 1. The maximum Gasteiger partial charge on any atom is 0.309 e. The lowest BCUT2D eigenvalue weighted by Crippen LogP contribution is -2.32. The summed E-state index contributed by atoms with van der Waals surface area (Å²) in [5, 5.41) is 8.93. The van der Waals surface area contributed by atoms with Crippen LogP contribution < -0.4 is 10.5 Å². The molecule has 1 aromatic rings. The van der Waals surface area contributed by atoms with Crippen molar-refractivity contribution >= 4 is 21.7 Å². The molecule has 6 nitrogen and oxygen atoms in total. The fourth-order valence-corrected chi connectivity index (χ4v) is 2.57. The Morgan fingerprint density at radius 1 is 1.37 bits per heavy atom. The van der Waals surface area contributed by atoms with E-state index < -0.39 is 21.4 Å². The lowest BCUT2D eigenvalue weighted by Gasteiger charge is -2.19. The van der Waals surface area contributed by atoms with Gasteiger partial charge >= 0.3 is 5.97 Å². The van der Waals surface area contributed by atoms with E-state index in [4.69, 9.17) is 10.8 Å². The number of anilines is 1. The Kier molecular flexibility index (Phi) is 4.54. The number of nitrogen functional groups attached to an aromatic ring is 1. The van der Waals surface area contributed by atoms with Gasteiger partial charge in [0.25, 0.3) is 0 Å². The maximum atomic E-state index is 12.0. The number of carboxylic acids is 1. The quantitative estimate of drug-likeness (QED) is 0.677. The number of sulfonamides is 1. The average molecular weight is 286 g/mol. The summed E-state index contributed by atoms with van der Waals surface area (Å²) in [5.41, 5.74) is 4.78. The second-order valence-electron chi connectivity index (χ2n) is 4.87. The molecule has 0 amide bonds. The summed E-state index contributed by atoms with van der Waals surface area (Å²) in [6.07, 6.45) is 0.189. The number of carbonyl (C=O) groups is 1. The number of rotatable bonds is 6. The van der Waals surface area contributed by atoms with E-state index in [-0.39, 0.29) is 23.5 Å². The summed E-state index contributed by atoms with van der Waals surface area (Å²) in [5.74, 6) is -0.967. The van der Waals surface area contributed by atoms with Crippen LogP contribution in [0.25, 0.3) is 0 Å². The molecule has 0 radical (unpaired) electrons. The first kappa shape index (κ1) is 15.5. The molecule has 0 aliphatic carbocycles. The van der Waals surface area contributed by atoms with Gasteiger partial charge in [0.2, 0.25) is 10.0 Å². The first-order chi connectivity index (χ1) is 8.67. The predicted molar refractivity (Wildman–Crippen MR) is 72.1 cm³/mol. The zero-order valence-electron chi connectivity index (χ0n) is 10.9. The van der Waals surface area contributed by atoms with Crippen molar-refractivity contribution in [1.82, 2.24) is 4.72 Å². The van der Waals surface area contributed by atoms with Gasteiger partial charge in [0.05, 0.1) is 11.1 Å². The van der Waals surface area contributed by atoms with Crippen molar-refractivity contribution in [2.45, 2.75) is 25.2 Å². The Bertz CT molecular complexity index is 567. The van der Waals surface area contributed by atoms with E-state index in [1.54, 1.807) is 26.0 Å². The van der Waals surface area contributed by atoms with Crippen molar-refractivity contribution in [2.75, 3.05) is 12.3 Å². The fraction of sp³-hybridized carbons (Fsp3) is 0.417. The Hall–Kier alpha value is -1.60. The monoisotopic (exact) mass is 286 g/mol. The van der Waals surface area contributed by atoms with E-state index in [0.29, 0.717) is 0 Å². The highest BCUT2D eigenvalue weighted by molar-refractivity contribution is 7.89. The van der Waals surface area contributed by atoms with Gasteiger partial charge in [-0.3, -0.25) is 4.79 Å². The number of nitrogens with two attached hydrogens (primary N) is 1. The van der Waals surface area contributed by atoms with E-state index in [2.05, 4.69) is 4.72 Å². The number of para-hydroxylation sites is 1. The van der Waals surface area contributed by atoms with Crippen LogP contribution in [0, 0.1) is 5.41 Å². The van der Waals surface area contributed by atoms with Gasteiger partial charge in [0.1, 0.15) is 4.90 Å². The van der Waals surface area contributed by atoms with Gasteiger partial charge in [-0.25, -0.2) is 13.1 Å². The third-order valence-electron chi connectivity index (χ3n) is 2.83. The summed E-state index contributed by atoms with van der Waals surface area (Å²) in [6.45, 7) is 3.12. The Balaban J connectivity index is 2.73. The SMILES string of the molecule is CC(C)(CCNS(=O)(=O)c1ccccc1N)C(=O)O. The molecule has 7 heteroatoms. The summed E-state index contributed by atoms with van der Waals surface area (Å²) < 4.78 is 26.3. The Labute approximate surface area is 112 Å². The first-order valence-corrected chi connectivity index (χ1v) is 7.23. The number of carboxylic acid groups (broad SMARTS) is 1. The van der Waals surface area contributed by atoms with E-state index in [0.717, 1.165) is 0 Å². The largest absolute Gasteiger partial charge is 0.481 e. The molecule has 0 heterocycles. The third-order valence-corrected chi connectivity index (χ3v) is 4.36. The first-order valence-electron chi connectivity index (χ1n) is 5.74. The van der Waals surface area contributed by atoms with Gasteiger partial charge in [-0.1, -0.05) is 12.1 Å². The summed E-state index contributed by atoms with van der Waals surface area (Å²) in [7, 11) is -3.71. The smallest absolute Gasteiger partial charge is 0.309 e. The molecule has 0 atom stereocenters. The van der Waals surface area contributed by atoms with Gasteiger partial charge in [-0.05, 0) is 32.4 Å². The van der Waals surface area contributed by atoms with Crippen LogP contribution in [0.3, 0.4) is 0 Å². The van der Waals surface area contributed by atoms with Crippen LogP contribution in [0.4, 0.5) is 5.69 Å². The van der Waals surface area contributed by atoms with Gasteiger partial charge in [0, 0.05) is 6.54 Å². The van der Waals surface area contributed by atoms with Crippen LogP contribution in [0.5, 0.6) is 0 Å². The molecular formula is C12H18N2O4S. The van der Waals surface area contributed by atoms with Gasteiger partial charge in [-0.15, -0.1) is 0 Å². The van der Waals surface area contributed by atoms with Gasteiger partial charge in [-0.2, -0.15) is 0 Å². The Morgan fingerprint density at radius 2 is 1.95 bits per heavy atom. The third kappa shape index (κ3) is 3.93. The molecule has 0 bridgehead atoms. The zero-order valence-corrected chi connectivity index (χ0v) is 11.7. The molecule has 106 valence electrons. The topological polar surface area (TPSA) is 109 Å². The van der Waals surface area contributed by atoms with E-state index in [1.807, 2.05) is 0 Å². The minimum Gasteiger partial charge on any atom is -0.481 e. The van der Waals surface area contributed by atoms with Crippen LogP contribution in [0.1, 0.15) is 20.3 Å². The average Bonchev–Trinajstić information content (AvgIpc) is 2.28. The molecule has 0 aliphatic rings. The molecule has 0 aliphatic heterocycles. The predicted octanol–water partition coefficient (Wildman–Crippen LogP) is 1.05. The van der Waals surface area contributed by atoms with E-state index in [9.17, 15) is 13.2 Å². The second-order valence-corrected chi connectivity index (χ2v) is 6.61. The summed E-state index contributed by atoms with van der Waals surface area (Å²) in [6, 6.07) is 6.11. The van der Waals surface area contributed by atoms with Crippen LogP contribution in [-0.4, -0.2) is 26.0 Å². The highest BCUT2D eigenvalue weighted by Crippen LogP contribution is 2.21. The minimum absolute atomic E-state index is 0.00290. The van der Waals surface area contributed by atoms with E-state index in [1.165, 1.54) is 12.1 Å². The van der Waals surface area contributed by atoms with Gasteiger partial charge in [0.15, 0.2) is 0 Å². The van der Waals surface area contributed by atoms with Gasteiger partial charge < -0.3 is 10.8 Å². The molecule has 19 heavy (non-hydrogen) atoms. The molecular weight excluding hydrogens is 268 g/mol. The van der Waals surface area contributed by atoms with Crippen LogP contribution in [-0.2, 0) is 14.8 Å². The van der Waals surface area contributed by atoms with E-state index >= 15 is 0 Å². The standard InChI is InChI=1S/C12H18N2O4S/c1-12(2,11(15)16)7-8-14-19(17,18)10-6-4-3-5-9(10)13/h3-6,14H,7-8,13H2,1-2H3,(H,15,16). The van der Waals surface area contributed by atoms with Crippen molar-refractivity contribution in [3.8, 4) is 0 Å². The number of hydrogen-bond donors (Lipinski definition) is 3. The molecule has 1 aromatic carbocycles. The number of nitrogens with one attached hydrogen (secondary N) is 1. The maximum absolute atomic E-state index is 12.0. The molecule has 0 saturated carbocycles. The molecule has 0 spiro atoms. The normalized spacial score (nSPS) is 12.3. The molecule has 0 aromatic heterocycles. The van der Waals surface area contributed by atoms with Crippen molar-refractivity contribution < 1.29 is 18.3 Å². The fourth-order valence-electron chi connectivity index (χ4n) is 1.41. The number of aliphatic carboxylic acids is 1. The number of hydrogen-bond acceptors (Lipinski definition) is 4. The van der Waals surface area contributed by atoms with Crippen molar-refractivity contribution in [1.29, 1.82) is 0 Å².